The van der Waals surface area contributed by atoms with Crippen LogP contribution in [0.2, 0.25) is 0 Å². The van der Waals surface area contributed by atoms with Gasteiger partial charge in [-0.15, -0.1) is 0 Å². The minimum Gasteiger partial charge on any atom is -0.733 e. The molecule has 14 heteroatoms. The Hall–Kier alpha value is -3.95. The Balaban J connectivity index is 1.16. The lowest BCUT2D eigenvalue weighted by atomic mass is 9.46. The number of nitrogens with zero attached hydrogens (tertiary/aromatic N) is 1. The number of carbonyl (C=O) groups is 5. The van der Waals surface area contributed by atoms with E-state index in [2.05, 4.69) is 5.32 Å². The third kappa shape index (κ3) is 6.18. The number of hydrogen-bond donors (Lipinski definition) is 6. The molecule has 0 saturated heterocycles. The van der Waals surface area contributed by atoms with E-state index in [4.69, 9.17) is 9.94 Å². The number of ether oxygens (including phenoxy) is 1. The molecular formula is C34H41N2O12-. The lowest BCUT2D eigenvalue weighted by molar-refractivity contribution is -0.181. The molecule has 3 saturated carbocycles. The molecule has 6 N–H and O–H groups in total. The predicted octanol–water partition coefficient (Wildman–Crippen LogP) is 1.89. The number of carbonyl (C=O) groups excluding carboxylic acids is 4. The van der Waals surface area contributed by atoms with Gasteiger partial charge in [0.1, 0.15) is 11.7 Å². The molecule has 9 atom stereocenters. The molecule has 1 aromatic carbocycles. The highest BCUT2D eigenvalue weighted by Crippen LogP contribution is 2.67. The summed E-state index contributed by atoms with van der Waals surface area (Å²) < 4.78 is 5.13. The van der Waals surface area contributed by atoms with Gasteiger partial charge in [0.05, 0.1) is 18.2 Å². The van der Waals surface area contributed by atoms with Crippen LogP contribution in [0.4, 0.5) is 5.69 Å². The van der Waals surface area contributed by atoms with E-state index in [9.17, 15) is 49.6 Å². The van der Waals surface area contributed by atoms with Crippen LogP contribution >= 0.6 is 0 Å². The maximum absolute atomic E-state index is 13.5. The van der Waals surface area contributed by atoms with Crippen molar-refractivity contribution in [1.29, 1.82) is 0 Å². The van der Waals surface area contributed by atoms with E-state index in [1.54, 1.807) is 13.0 Å². The first-order valence-corrected chi connectivity index (χ1v) is 16.0. The van der Waals surface area contributed by atoms with Gasteiger partial charge in [-0.1, -0.05) is 37.6 Å². The van der Waals surface area contributed by atoms with E-state index in [1.165, 1.54) is 24.3 Å². The Morgan fingerprint density at radius 1 is 1.17 bits per heavy atom. The van der Waals surface area contributed by atoms with Crippen molar-refractivity contribution in [1.82, 2.24) is 5.32 Å². The predicted molar refractivity (Wildman–Crippen MR) is 167 cm³/mol. The number of aliphatic hydroxyl groups excluding tert-OH is 2. The number of ketones is 2. The first-order chi connectivity index (χ1) is 22.5. The number of esters is 1. The number of Topliss-reactive ketones (excluding diaryl/α,β-unsaturated/α-hetero) is 1. The number of nitrogens with one attached hydrogen (secondary N) is 1. The standard InChI is InChI=1S/C34H41N2O12/c1-32-12-10-21(37)15-19(32)6-7-22-23-11-13-34(45,33(23,2)16-24(38)28(22)32)25(39)17-48-27(41)9-8-26(40)35-29(31(43)44)30(42)18-4-3-5-20(14-18)36(46)47/h3-5,10,12,14-15,22-24,28-30,38,42,45-46H,6-9,11,13,16-17H2,1-2H3,(H,35,40)(H,43,44)/q-1/t22?,23?,24?,28?,29?,30?,32-,33-,34-/m0/s1. The lowest BCUT2D eigenvalue weighted by Gasteiger charge is -2.59. The zero-order chi connectivity index (χ0) is 35.2. The van der Waals surface area contributed by atoms with E-state index in [-0.39, 0.29) is 47.6 Å². The molecule has 6 unspecified atom stereocenters. The molecule has 0 aliphatic heterocycles. The maximum atomic E-state index is 13.5. The molecule has 1 aromatic rings. The van der Waals surface area contributed by atoms with Crippen molar-refractivity contribution in [3.05, 3.63) is 58.8 Å². The second kappa shape index (κ2) is 13.2. The lowest BCUT2D eigenvalue weighted by Crippen LogP contribution is -2.61. The van der Waals surface area contributed by atoms with Crippen molar-refractivity contribution in [3.8, 4) is 0 Å². The zero-order valence-corrected chi connectivity index (χ0v) is 26.7. The number of benzene rings is 1. The van der Waals surface area contributed by atoms with Crippen LogP contribution in [0.25, 0.3) is 0 Å². The summed E-state index contributed by atoms with van der Waals surface area (Å²) in [5, 5.41) is 65.3. The first kappa shape index (κ1) is 35.4. The fourth-order valence-electron chi connectivity index (χ4n) is 8.88. The van der Waals surface area contributed by atoms with E-state index in [1.807, 2.05) is 13.0 Å². The quantitative estimate of drug-likeness (QED) is 0.146. The molecule has 14 nitrogen and oxygen atoms in total. The van der Waals surface area contributed by atoms with Crippen molar-refractivity contribution >= 4 is 35.1 Å². The van der Waals surface area contributed by atoms with Gasteiger partial charge in [-0.25, -0.2) is 4.79 Å². The van der Waals surface area contributed by atoms with Crippen LogP contribution in [-0.4, -0.2) is 79.4 Å². The van der Waals surface area contributed by atoms with Gasteiger partial charge in [0.2, 0.25) is 11.7 Å². The molecule has 3 fully saturated rings. The van der Waals surface area contributed by atoms with Crippen LogP contribution in [0.15, 0.2) is 48.1 Å². The number of carboxylic acids is 1. The van der Waals surface area contributed by atoms with Crippen molar-refractivity contribution in [2.45, 2.75) is 82.6 Å². The topological polar surface area (TPSA) is 234 Å². The number of aliphatic carboxylic acids is 1. The average Bonchev–Trinajstić information content (AvgIpc) is 3.31. The molecular weight excluding hydrogens is 628 g/mol. The smallest absolute Gasteiger partial charge is 0.329 e. The maximum Gasteiger partial charge on any atom is 0.329 e. The second-order valence-electron chi connectivity index (χ2n) is 13.9. The molecule has 0 spiro atoms. The van der Waals surface area contributed by atoms with E-state index < -0.39 is 83.0 Å². The fraction of sp³-hybridized carbons (Fsp3) is 0.559. The van der Waals surface area contributed by atoms with E-state index in [0.29, 0.717) is 19.3 Å². The summed E-state index contributed by atoms with van der Waals surface area (Å²) in [6, 6.07) is 2.99. The van der Waals surface area contributed by atoms with Gasteiger partial charge in [-0.05, 0) is 73.8 Å². The van der Waals surface area contributed by atoms with Crippen molar-refractivity contribution in [2.75, 3.05) is 11.8 Å². The molecule has 0 aromatic heterocycles. The number of anilines is 1. The van der Waals surface area contributed by atoms with Gasteiger partial charge in [0, 0.05) is 23.2 Å². The fourth-order valence-corrected chi connectivity index (χ4v) is 8.88. The van der Waals surface area contributed by atoms with Gasteiger partial charge >= 0.3 is 11.9 Å². The van der Waals surface area contributed by atoms with Crippen LogP contribution in [0.5, 0.6) is 0 Å². The summed E-state index contributed by atoms with van der Waals surface area (Å²) in [5.41, 5.74) is -2.71. The average molecular weight is 670 g/mol. The highest BCUT2D eigenvalue weighted by Gasteiger charge is 2.68. The number of allylic oxidation sites excluding steroid dienone is 4. The Morgan fingerprint density at radius 3 is 2.58 bits per heavy atom. The molecule has 0 heterocycles. The molecule has 260 valence electrons. The number of hydrogen-bond acceptors (Lipinski definition) is 12. The van der Waals surface area contributed by atoms with Crippen molar-refractivity contribution in [3.63, 3.8) is 0 Å². The van der Waals surface area contributed by atoms with Gasteiger partial charge in [-0.2, -0.15) is 0 Å². The van der Waals surface area contributed by atoms with Crippen LogP contribution in [0, 0.1) is 33.8 Å². The number of amides is 1. The third-order valence-corrected chi connectivity index (χ3v) is 11.4. The molecule has 0 bridgehead atoms. The van der Waals surface area contributed by atoms with Crippen LogP contribution in [0.1, 0.15) is 70.5 Å². The summed E-state index contributed by atoms with van der Waals surface area (Å²) in [6.07, 6.45) is 3.54. The van der Waals surface area contributed by atoms with Gasteiger partial charge < -0.3 is 40.9 Å². The van der Waals surface area contributed by atoms with Crippen LogP contribution in [0.3, 0.4) is 0 Å². The highest BCUT2D eigenvalue weighted by molar-refractivity contribution is 6.01. The minimum absolute atomic E-state index is 0.00483. The summed E-state index contributed by atoms with van der Waals surface area (Å²) in [4.78, 5) is 62.3. The van der Waals surface area contributed by atoms with Gasteiger partial charge in [0.25, 0.3) is 0 Å². The summed E-state index contributed by atoms with van der Waals surface area (Å²) >= 11 is 0. The molecule has 5 rings (SSSR count). The molecule has 48 heavy (non-hydrogen) atoms. The van der Waals surface area contributed by atoms with E-state index >= 15 is 0 Å². The summed E-state index contributed by atoms with van der Waals surface area (Å²) in [6.45, 7) is 3.07. The van der Waals surface area contributed by atoms with E-state index in [0.717, 1.165) is 11.6 Å². The molecule has 1 amide bonds. The Morgan fingerprint density at radius 2 is 1.90 bits per heavy atom. The minimum atomic E-state index is -1.86. The van der Waals surface area contributed by atoms with Crippen LogP contribution < -0.4 is 10.5 Å². The Labute approximate surface area is 276 Å². The number of carboxylic acid groups (broad SMARTS) is 1. The first-order valence-electron chi connectivity index (χ1n) is 16.0. The monoisotopic (exact) mass is 669 g/mol. The number of rotatable bonds is 11. The Kier molecular flexibility index (Phi) is 9.70. The van der Waals surface area contributed by atoms with Gasteiger partial charge in [-0.3, -0.25) is 24.4 Å². The molecule has 4 aliphatic carbocycles. The highest BCUT2D eigenvalue weighted by atomic mass is 16.8. The largest absolute Gasteiger partial charge is 0.733 e. The SMILES string of the molecule is C[C@]12C=CC(=O)C=C1CCC1C2C(O)C[C@@]2(C)C1CC[C@]2(O)C(=O)COC(=O)CCC(=O)NC(C(=O)O)C(O)c1cccc(N([O-])O)c1. The number of fused-ring (bicyclic) bond motifs is 5. The normalized spacial score (nSPS) is 33.3. The zero-order valence-electron chi connectivity index (χ0n) is 26.7. The van der Waals surface area contributed by atoms with Crippen molar-refractivity contribution in [2.24, 2.45) is 28.6 Å². The molecule has 4 aliphatic rings. The second-order valence-corrected chi connectivity index (χ2v) is 13.9. The third-order valence-electron chi connectivity index (χ3n) is 11.4. The van der Waals surface area contributed by atoms with Crippen LogP contribution in [-0.2, 0) is 28.7 Å². The summed E-state index contributed by atoms with van der Waals surface area (Å²) in [5.74, 6) is -4.52. The Bertz CT molecular complexity index is 1560. The summed E-state index contributed by atoms with van der Waals surface area (Å²) in [7, 11) is 0. The van der Waals surface area contributed by atoms with Gasteiger partial charge in [0.15, 0.2) is 18.4 Å². The van der Waals surface area contributed by atoms with Crippen molar-refractivity contribution < 1.29 is 54.3 Å². The number of aliphatic hydroxyl groups is 3. The molecule has 0 radical (unpaired) electrons.